The summed E-state index contributed by atoms with van der Waals surface area (Å²) in [5.41, 5.74) is 8.38. The van der Waals surface area contributed by atoms with Gasteiger partial charge in [0.25, 0.3) is 0 Å². The van der Waals surface area contributed by atoms with Gasteiger partial charge in [-0.3, -0.25) is 4.99 Å². The number of rotatable bonds is 2. The van der Waals surface area contributed by atoms with E-state index in [1.165, 1.54) is 0 Å². The van der Waals surface area contributed by atoms with Crippen LogP contribution in [0.25, 0.3) is 0 Å². The van der Waals surface area contributed by atoms with Crippen LogP contribution < -0.4 is 5.73 Å². The number of hydrogen-bond donors (Lipinski definition) is 1. The standard InChI is InChI=1S/C11H13N3/c1-3-9-6-8(7-12)4-5-10(9)11(13)14-2/h4-6H,3H2,1-2H3,(H2,13,14). The molecule has 1 aromatic carbocycles. The molecule has 3 nitrogen and oxygen atoms in total. The van der Waals surface area contributed by atoms with E-state index in [1.807, 2.05) is 19.1 Å². The minimum atomic E-state index is 0.520. The molecule has 0 aromatic heterocycles. The maximum absolute atomic E-state index is 8.73. The van der Waals surface area contributed by atoms with E-state index in [9.17, 15) is 0 Å². The van der Waals surface area contributed by atoms with Crippen LogP contribution in [0.4, 0.5) is 0 Å². The molecule has 2 N–H and O–H groups in total. The largest absolute Gasteiger partial charge is 0.384 e. The molecule has 0 radical (unpaired) electrons. The van der Waals surface area contributed by atoms with Crippen molar-refractivity contribution in [3.63, 3.8) is 0 Å². The van der Waals surface area contributed by atoms with E-state index in [1.54, 1.807) is 13.1 Å². The van der Waals surface area contributed by atoms with E-state index in [-0.39, 0.29) is 0 Å². The number of hydrogen-bond acceptors (Lipinski definition) is 2. The first-order valence-corrected chi connectivity index (χ1v) is 4.48. The molecule has 0 amide bonds. The average Bonchev–Trinajstić information content (AvgIpc) is 2.27. The third-order valence-electron chi connectivity index (χ3n) is 2.13. The van der Waals surface area contributed by atoms with E-state index in [0.717, 1.165) is 17.5 Å². The van der Waals surface area contributed by atoms with Gasteiger partial charge < -0.3 is 5.73 Å². The lowest BCUT2D eigenvalue weighted by Crippen LogP contribution is -2.15. The van der Waals surface area contributed by atoms with Crippen molar-refractivity contribution in [3.8, 4) is 6.07 Å². The van der Waals surface area contributed by atoms with Crippen molar-refractivity contribution < 1.29 is 0 Å². The van der Waals surface area contributed by atoms with Crippen molar-refractivity contribution in [2.75, 3.05) is 7.05 Å². The van der Waals surface area contributed by atoms with Crippen molar-refractivity contribution >= 4 is 5.84 Å². The fourth-order valence-corrected chi connectivity index (χ4v) is 1.33. The minimum absolute atomic E-state index is 0.520. The molecule has 14 heavy (non-hydrogen) atoms. The molecule has 1 rings (SSSR count). The lowest BCUT2D eigenvalue weighted by molar-refractivity contribution is 1.12. The minimum Gasteiger partial charge on any atom is -0.384 e. The highest BCUT2D eigenvalue weighted by Gasteiger charge is 2.04. The molecule has 0 aliphatic heterocycles. The highest BCUT2D eigenvalue weighted by Crippen LogP contribution is 2.12. The number of aryl methyl sites for hydroxylation is 1. The summed E-state index contributed by atoms with van der Waals surface area (Å²) >= 11 is 0. The average molecular weight is 187 g/mol. The molecule has 0 aliphatic rings. The highest BCUT2D eigenvalue weighted by molar-refractivity contribution is 5.98. The molecule has 0 spiro atoms. The van der Waals surface area contributed by atoms with Crippen molar-refractivity contribution in [1.29, 1.82) is 5.26 Å². The number of benzene rings is 1. The topological polar surface area (TPSA) is 62.2 Å². The van der Waals surface area contributed by atoms with Crippen LogP contribution in [-0.2, 0) is 6.42 Å². The third kappa shape index (κ3) is 1.91. The van der Waals surface area contributed by atoms with E-state index in [4.69, 9.17) is 11.0 Å². The molecule has 0 bridgehead atoms. The number of nitrogens with zero attached hydrogens (tertiary/aromatic N) is 2. The summed E-state index contributed by atoms with van der Waals surface area (Å²) in [6.07, 6.45) is 0.848. The number of aliphatic imine (C=N–C) groups is 1. The van der Waals surface area contributed by atoms with Gasteiger partial charge in [-0.25, -0.2) is 0 Å². The monoisotopic (exact) mass is 187 g/mol. The van der Waals surface area contributed by atoms with Crippen LogP contribution in [-0.4, -0.2) is 12.9 Å². The van der Waals surface area contributed by atoms with Gasteiger partial charge in [-0.1, -0.05) is 6.92 Å². The zero-order valence-corrected chi connectivity index (χ0v) is 8.41. The molecule has 0 aliphatic carbocycles. The lowest BCUT2D eigenvalue weighted by atomic mass is 10.0. The second-order valence-corrected chi connectivity index (χ2v) is 2.95. The smallest absolute Gasteiger partial charge is 0.125 e. The summed E-state index contributed by atoms with van der Waals surface area (Å²) < 4.78 is 0. The van der Waals surface area contributed by atoms with Crippen LogP contribution in [0.1, 0.15) is 23.6 Å². The fourth-order valence-electron chi connectivity index (χ4n) is 1.33. The lowest BCUT2D eigenvalue weighted by Gasteiger charge is -2.06. The second kappa shape index (κ2) is 4.43. The van der Waals surface area contributed by atoms with Gasteiger partial charge in [-0.15, -0.1) is 0 Å². The molecule has 0 heterocycles. The Labute approximate surface area is 83.9 Å². The quantitative estimate of drug-likeness (QED) is 0.562. The first-order chi connectivity index (χ1) is 6.72. The van der Waals surface area contributed by atoms with Crippen LogP contribution in [0.3, 0.4) is 0 Å². The van der Waals surface area contributed by atoms with E-state index >= 15 is 0 Å². The van der Waals surface area contributed by atoms with Gasteiger partial charge >= 0.3 is 0 Å². The zero-order valence-electron chi connectivity index (χ0n) is 8.41. The summed E-state index contributed by atoms with van der Waals surface area (Å²) in [6.45, 7) is 2.03. The van der Waals surface area contributed by atoms with Crippen LogP contribution in [0.2, 0.25) is 0 Å². The molecule has 0 fully saturated rings. The van der Waals surface area contributed by atoms with Crippen molar-refractivity contribution in [3.05, 3.63) is 34.9 Å². The number of nitriles is 1. The zero-order chi connectivity index (χ0) is 10.6. The molecule has 0 unspecified atom stereocenters. The summed E-state index contributed by atoms with van der Waals surface area (Å²) in [7, 11) is 1.66. The molecule has 0 saturated carbocycles. The number of amidine groups is 1. The van der Waals surface area contributed by atoms with Crippen LogP contribution >= 0.6 is 0 Å². The Morgan fingerprint density at radius 2 is 2.29 bits per heavy atom. The third-order valence-corrected chi connectivity index (χ3v) is 2.13. The molecular weight excluding hydrogens is 174 g/mol. The van der Waals surface area contributed by atoms with Gasteiger partial charge in [0.2, 0.25) is 0 Å². The second-order valence-electron chi connectivity index (χ2n) is 2.95. The maximum atomic E-state index is 8.73. The van der Waals surface area contributed by atoms with Crippen molar-refractivity contribution in [2.24, 2.45) is 10.7 Å². The Morgan fingerprint density at radius 1 is 1.57 bits per heavy atom. The predicted octanol–water partition coefficient (Wildman–Crippen LogP) is 1.46. The van der Waals surface area contributed by atoms with Gasteiger partial charge in [0.1, 0.15) is 5.84 Å². The summed E-state index contributed by atoms with van der Waals surface area (Å²) in [4.78, 5) is 3.93. The molecular formula is C11H13N3. The van der Waals surface area contributed by atoms with Gasteiger partial charge in [-0.2, -0.15) is 5.26 Å². The van der Waals surface area contributed by atoms with Gasteiger partial charge in [0.05, 0.1) is 11.6 Å². The van der Waals surface area contributed by atoms with Crippen LogP contribution in [0.5, 0.6) is 0 Å². The van der Waals surface area contributed by atoms with Gasteiger partial charge in [0.15, 0.2) is 0 Å². The molecule has 0 saturated heterocycles. The SMILES string of the molecule is CCc1cc(C#N)ccc1C(N)=NC. The normalized spacial score (nSPS) is 11.1. The Balaban J connectivity index is 3.27. The predicted molar refractivity (Wildman–Crippen MR) is 57.2 cm³/mol. The Morgan fingerprint density at radius 3 is 2.79 bits per heavy atom. The van der Waals surface area contributed by atoms with Crippen molar-refractivity contribution in [2.45, 2.75) is 13.3 Å². The molecule has 1 aromatic rings. The first-order valence-electron chi connectivity index (χ1n) is 4.48. The van der Waals surface area contributed by atoms with Crippen LogP contribution in [0, 0.1) is 11.3 Å². The summed E-state index contributed by atoms with van der Waals surface area (Å²) in [5.74, 6) is 0.520. The Bertz CT molecular complexity index is 399. The van der Waals surface area contributed by atoms with Gasteiger partial charge in [-0.05, 0) is 30.2 Å². The Hall–Kier alpha value is -1.82. The van der Waals surface area contributed by atoms with Crippen LogP contribution in [0.15, 0.2) is 23.2 Å². The van der Waals surface area contributed by atoms with Gasteiger partial charge in [0, 0.05) is 12.6 Å². The molecule has 3 heteroatoms. The van der Waals surface area contributed by atoms with E-state index < -0.39 is 0 Å². The fraction of sp³-hybridized carbons (Fsp3) is 0.273. The van der Waals surface area contributed by atoms with E-state index in [0.29, 0.717) is 11.4 Å². The first kappa shape index (κ1) is 10.3. The summed E-state index contributed by atoms with van der Waals surface area (Å²) in [5, 5.41) is 8.73. The number of nitrogens with two attached hydrogens (primary N) is 1. The maximum Gasteiger partial charge on any atom is 0.125 e. The van der Waals surface area contributed by atoms with Crippen molar-refractivity contribution in [1.82, 2.24) is 0 Å². The van der Waals surface area contributed by atoms with E-state index in [2.05, 4.69) is 11.1 Å². The molecule has 72 valence electrons. The summed E-state index contributed by atoms with van der Waals surface area (Å²) in [6, 6.07) is 7.56. The molecule has 0 atom stereocenters. The highest BCUT2D eigenvalue weighted by atomic mass is 14.8. The Kier molecular flexibility index (Phi) is 3.24.